The molecule has 3 rings (SSSR count). The lowest BCUT2D eigenvalue weighted by molar-refractivity contribution is 0.362. The summed E-state index contributed by atoms with van der Waals surface area (Å²) >= 11 is 0. The second-order valence-electron chi connectivity index (χ2n) is 5.62. The molecule has 0 spiro atoms. The van der Waals surface area contributed by atoms with Crippen molar-refractivity contribution in [1.82, 2.24) is 10.1 Å². The van der Waals surface area contributed by atoms with Crippen LogP contribution in [0.3, 0.4) is 0 Å². The number of hydrogen-bond donors (Lipinski definition) is 1. The number of hydrogen-bond acceptors (Lipinski definition) is 4. The second-order valence-corrected chi connectivity index (χ2v) is 5.62. The van der Waals surface area contributed by atoms with Gasteiger partial charge >= 0.3 is 0 Å². The number of aromatic nitrogens is 2. The van der Waals surface area contributed by atoms with Crippen LogP contribution in [0.25, 0.3) is 0 Å². The van der Waals surface area contributed by atoms with E-state index in [4.69, 9.17) is 10.3 Å². The van der Waals surface area contributed by atoms with E-state index < -0.39 is 0 Å². The third-order valence-corrected chi connectivity index (χ3v) is 3.81. The first-order chi connectivity index (χ1) is 9.16. The minimum absolute atomic E-state index is 0.147. The van der Waals surface area contributed by atoms with Crippen molar-refractivity contribution >= 4 is 0 Å². The maximum absolute atomic E-state index is 6.03. The molecule has 1 fully saturated rings. The summed E-state index contributed by atoms with van der Waals surface area (Å²) in [5, 5.41) is 4.02. The first kappa shape index (κ1) is 12.4. The minimum Gasteiger partial charge on any atom is -0.339 e. The van der Waals surface area contributed by atoms with Crippen molar-refractivity contribution < 1.29 is 4.52 Å². The molecule has 100 valence electrons. The number of benzene rings is 1. The van der Waals surface area contributed by atoms with Crippen LogP contribution in [-0.2, 0) is 0 Å². The van der Waals surface area contributed by atoms with E-state index in [2.05, 4.69) is 48.3 Å². The average Bonchev–Trinajstić information content (AvgIpc) is 3.08. The Balaban J connectivity index is 1.72. The summed E-state index contributed by atoms with van der Waals surface area (Å²) in [5.41, 5.74) is 7.38. The van der Waals surface area contributed by atoms with Crippen molar-refractivity contribution in [2.75, 3.05) is 0 Å². The molecular formula is C15H19N3O. The predicted molar refractivity (Wildman–Crippen MR) is 72.6 cm³/mol. The van der Waals surface area contributed by atoms with Gasteiger partial charge in [-0.25, -0.2) is 0 Å². The lowest BCUT2D eigenvalue weighted by Gasteiger charge is -2.09. The Hall–Kier alpha value is -1.68. The van der Waals surface area contributed by atoms with Gasteiger partial charge in [-0.05, 0) is 23.8 Å². The minimum atomic E-state index is -0.147. The fraction of sp³-hybridized carbons (Fsp3) is 0.467. The summed E-state index contributed by atoms with van der Waals surface area (Å²) in [6.45, 7) is 4.12. The van der Waals surface area contributed by atoms with E-state index >= 15 is 0 Å². The van der Waals surface area contributed by atoms with E-state index in [-0.39, 0.29) is 6.04 Å². The quantitative estimate of drug-likeness (QED) is 0.914. The molecular weight excluding hydrogens is 238 g/mol. The van der Waals surface area contributed by atoms with Crippen molar-refractivity contribution in [2.24, 2.45) is 11.7 Å². The zero-order valence-electron chi connectivity index (χ0n) is 11.3. The van der Waals surface area contributed by atoms with Crippen molar-refractivity contribution in [3.05, 3.63) is 47.6 Å². The van der Waals surface area contributed by atoms with Gasteiger partial charge in [-0.15, -0.1) is 0 Å². The van der Waals surface area contributed by atoms with Crippen molar-refractivity contribution in [3.63, 3.8) is 0 Å². The van der Waals surface area contributed by atoms with Crippen LogP contribution < -0.4 is 5.73 Å². The van der Waals surface area contributed by atoms with Gasteiger partial charge in [-0.3, -0.25) is 0 Å². The number of nitrogens with zero attached hydrogens (tertiary/aromatic N) is 2. The largest absolute Gasteiger partial charge is 0.339 e. The molecule has 1 saturated carbocycles. The lowest BCUT2D eigenvalue weighted by atomic mass is 10.1. The smallest absolute Gasteiger partial charge is 0.230 e. The molecule has 1 aromatic heterocycles. The van der Waals surface area contributed by atoms with Crippen LogP contribution in [0.4, 0.5) is 0 Å². The molecule has 1 heterocycles. The summed E-state index contributed by atoms with van der Waals surface area (Å²) in [4.78, 5) is 4.47. The Morgan fingerprint density at radius 3 is 2.63 bits per heavy atom. The van der Waals surface area contributed by atoms with Gasteiger partial charge in [0.25, 0.3) is 0 Å². The molecule has 1 aliphatic rings. The molecule has 0 radical (unpaired) electrons. The maximum atomic E-state index is 6.03. The van der Waals surface area contributed by atoms with E-state index in [9.17, 15) is 0 Å². The van der Waals surface area contributed by atoms with Gasteiger partial charge in [-0.1, -0.05) is 49.3 Å². The summed E-state index contributed by atoms with van der Waals surface area (Å²) < 4.78 is 5.37. The Morgan fingerprint density at radius 1 is 1.21 bits per heavy atom. The lowest BCUT2D eigenvalue weighted by Crippen LogP contribution is -2.18. The summed E-state index contributed by atoms with van der Waals surface area (Å²) in [6.07, 6.45) is 1.09. The van der Waals surface area contributed by atoms with Gasteiger partial charge in [0, 0.05) is 5.92 Å². The SMILES string of the molecule is CC(C)C(N)c1noc(C2CC2c2ccccc2)n1. The zero-order chi connectivity index (χ0) is 13.4. The normalized spacial score (nSPS) is 23.6. The van der Waals surface area contributed by atoms with Crippen LogP contribution in [0.15, 0.2) is 34.9 Å². The molecule has 4 nitrogen and oxygen atoms in total. The Morgan fingerprint density at radius 2 is 1.95 bits per heavy atom. The van der Waals surface area contributed by atoms with Gasteiger partial charge in [0.2, 0.25) is 5.89 Å². The van der Waals surface area contributed by atoms with E-state index in [1.165, 1.54) is 5.56 Å². The highest BCUT2D eigenvalue weighted by molar-refractivity contribution is 5.30. The third kappa shape index (κ3) is 2.40. The van der Waals surface area contributed by atoms with Gasteiger partial charge in [0.1, 0.15) is 0 Å². The molecule has 2 N–H and O–H groups in total. The molecule has 0 saturated heterocycles. The van der Waals surface area contributed by atoms with Gasteiger partial charge < -0.3 is 10.3 Å². The highest BCUT2D eigenvalue weighted by atomic mass is 16.5. The van der Waals surface area contributed by atoms with Crippen LogP contribution in [0.2, 0.25) is 0 Å². The molecule has 1 aliphatic carbocycles. The van der Waals surface area contributed by atoms with E-state index in [0.29, 0.717) is 23.6 Å². The van der Waals surface area contributed by atoms with E-state index in [1.807, 2.05) is 6.07 Å². The molecule has 0 amide bonds. The number of nitrogens with two attached hydrogens (primary N) is 1. The highest BCUT2D eigenvalue weighted by Gasteiger charge is 2.43. The summed E-state index contributed by atoms with van der Waals surface area (Å²) in [5.74, 6) is 2.56. The van der Waals surface area contributed by atoms with Crippen molar-refractivity contribution in [3.8, 4) is 0 Å². The van der Waals surface area contributed by atoms with Crippen LogP contribution in [0, 0.1) is 5.92 Å². The Kier molecular flexibility index (Phi) is 3.11. The maximum Gasteiger partial charge on any atom is 0.230 e. The molecule has 19 heavy (non-hydrogen) atoms. The summed E-state index contributed by atoms with van der Waals surface area (Å²) in [7, 11) is 0. The molecule has 0 bridgehead atoms. The molecule has 3 unspecified atom stereocenters. The summed E-state index contributed by atoms with van der Waals surface area (Å²) in [6, 6.07) is 10.3. The van der Waals surface area contributed by atoms with Crippen LogP contribution >= 0.6 is 0 Å². The van der Waals surface area contributed by atoms with Crippen molar-refractivity contribution in [2.45, 2.75) is 38.1 Å². The molecule has 2 aromatic rings. The average molecular weight is 257 g/mol. The molecule has 0 aliphatic heterocycles. The van der Waals surface area contributed by atoms with E-state index in [1.54, 1.807) is 0 Å². The standard InChI is InChI=1S/C15H19N3O/c1-9(2)13(16)14-17-15(19-18-14)12-8-11(12)10-6-4-3-5-7-10/h3-7,9,11-13H,8,16H2,1-2H3. The Labute approximate surface area is 113 Å². The molecule has 4 heteroatoms. The van der Waals surface area contributed by atoms with Crippen molar-refractivity contribution in [1.29, 1.82) is 0 Å². The zero-order valence-corrected chi connectivity index (χ0v) is 11.3. The highest BCUT2D eigenvalue weighted by Crippen LogP contribution is 2.54. The van der Waals surface area contributed by atoms with Gasteiger partial charge in [0.15, 0.2) is 5.82 Å². The first-order valence-corrected chi connectivity index (χ1v) is 6.81. The first-order valence-electron chi connectivity index (χ1n) is 6.81. The predicted octanol–water partition coefficient (Wildman–Crippen LogP) is 3.00. The fourth-order valence-electron chi connectivity index (χ4n) is 2.37. The van der Waals surface area contributed by atoms with Crippen LogP contribution in [0.1, 0.15) is 55.4 Å². The van der Waals surface area contributed by atoms with Crippen LogP contribution in [0.5, 0.6) is 0 Å². The molecule has 1 aromatic carbocycles. The van der Waals surface area contributed by atoms with Crippen LogP contribution in [-0.4, -0.2) is 10.1 Å². The van der Waals surface area contributed by atoms with Gasteiger partial charge in [-0.2, -0.15) is 4.98 Å². The second kappa shape index (κ2) is 4.78. The fourth-order valence-corrected chi connectivity index (χ4v) is 2.37. The van der Waals surface area contributed by atoms with E-state index in [0.717, 1.165) is 12.3 Å². The van der Waals surface area contributed by atoms with Gasteiger partial charge in [0.05, 0.1) is 6.04 Å². The monoisotopic (exact) mass is 257 g/mol. The topological polar surface area (TPSA) is 64.9 Å². The molecule has 3 atom stereocenters. The third-order valence-electron chi connectivity index (χ3n) is 3.81. The number of rotatable bonds is 4. The Bertz CT molecular complexity index is 550.